The fourth-order valence-corrected chi connectivity index (χ4v) is 4.57. The summed E-state index contributed by atoms with van der Waals surface area (Å²) < 4.78 is 71.0. The largest absolute Gasteiger partial charge is 0.505 e. The number of rotatable bonds is 2. The van der Waals surface area contributed by atoms with Crippen molar-refractivity contribution in [1.82, 2.24) is 9.97 Å². The highest BCUT2D eigenvalue weighted by Gasteiger charge is 2.64. The molecule has 1 aliphatic rings. The van der Waals surface area contributed by atoms with Crippen molar-refractivity contribution in [3.63, 3.8) is 0 Å². The second-order valence-electron chi connectivity index (χ2n) is 8.69. The van der Waals surface area contributed by atoms with Crippen molar-refractivity contribution in [2.24, 2.45) is 0 Å². The Bertz CT molecular complexity index is 1230. The van der Waals surface area contributed by atoms with Crippen LogP contribution in [0.15, 0.2) is 30.5 Å². The molecule has 0 spiro atoms. The molecule has 4 rings (SSSR count). The zero-order chi connectivity index (χ0) is 23.6. The molecule has 170 valence electrons. The number of nitrogens with one attached hydrogen (secondary N) is 1. The van der Waals surface area contributed by atoms with Gasteiger partial charge in [0.25, 0.3) is 0 Å². The van der Waals surface area contributed by atoms with E-state index < -0.39 is 47.0 Å². The lowest BCUT2D eigenvalue weighted by Gasteiger charge is -2.49. The van der Waals surface area contributed by atoms with Crippen LogP contribution in [0.2, 0.25) is 0 Å². The lowest BCUT2D eigenvalue weighted by molar-refractivity contribution is -0.276. The highest BCUT2D eigenvalue weighted by molar-refractivity contribution is 5.91. The number of phenols is 1. The number of halogens is 5. The Morgan fingerprint density at radius 3 is 2.41 bits per heavy atom. The molecule has 1 heterocycles. The van der Waals surface area contributed by atoms with E-state index in [9.17, 15) is 32.2 Å². The van der Waals surface area contributed by atoms with Gasteiger partial charge in [0.2, 0.25) is 0 Å². The average molecular weight is 453 g/mol. The summed E-state index contributed by atoms with van der Waals surface area (Å²) in [5, 5.41) is 24.1. The first kappa shape index (κ1) is 22.2. The summed E-state index contributed by atoms with van der Waals surface area (Å²) >= 11 is 0. The van der Waals surface area contributed by atoms with Crippen LogP contribution in [0.4, 0.5) is 27.6 Å². The van der Waals surface area contributed by atoms with Crippen LogP contribution in [0.25, 0.3) is 10.9 Å². The van der Waals surface area contributed by atoms with Crippen molar-refractivity contribution in [1.29, 1.82) is 0 Å². The minimum absolute atomic E-state index is 0.0394. The number of nitrogens with zero attached hydrogens (tertiary/aromatic N) is 2. The molecule has 0 aliphatic heterocycles. The molecular weight excluding hydrogens is 433 g/mol. The van der Waals surface area contributed by atoms with Gasteiger partial charge in [-0.05, 0) is 42.5 Å². The number of phenolic OH excluding ortho intramolecular Hbond substituents is 1. The van der Waals surface area contributed by atoms with Crippen molar-refractivity contribution < 1.29 is 32.2 Å². The van der Waals surface area contributed by atoms with Crippen LogP contribution in [0.1, 0.15) is 43.3 Å². The molecule has 0 unspecified atom stereocenters. The summed E-state index contributed by atoms with van der Waals surface area (Å²) in [6, 6.07) is 2.38. The Labute approximate surface area is 179 Å². The van der Waals surface area contributed by atoms with Gasteiger partial charge in [0.05, 0.1) is 6.04 Å². The van der Waals surface area contributed by atoms with Gasteiger partial charge in [-0.3, -0.25) is 0 Å². The van der Waals surface area contributed by atoms with Gasteiger partial charge >= 0.3 is 6.18 Å². The fraction of sp³-hybridized carbons (Fsp3) is 0.364. The highest BCUT2D eigenvalue weighted by Crippen LogP contribution is 2.56. The first-order valence-corrected chi connectivity index (χ1v) is 9.75. The summed E-state index contributed by atoms with van der Waals surface area (Å²) in [5.74, 6) is -2.17. The number of benzene rings is 2. The third kappa shape index (κ3) is 3.24. The predicted molar refractivity (Wildman–Crippen MR) is 107 cm³/mol. The molecule has 0 saturated heterocycles. The summed E-state index contributed by atoms with van der Waals surface area (Å²) in [5.41, 5.74) is -4.90. The summed E-state index contributed by atoms with van der Waals surface area (Å²) in [6.45, 7) is 4.32. The number of hydrogen-bond acceptors (Lipinski definition) is 5. The molecule has 2 aromatic carbocycles. The third-order valence-electron chi connectivity index (χ3n) is 5.95. The fourth-order valence-electron chi connectivity index (χ4n) is 4.57. The van der Waals surface area contributed by atoms with Crippen LogP contribution in [0.3, 0.4) is 0 Å². The molecule has 10 heteroatoms. The maximum absolute atomic E-state index is 14.3. The quantitative estimate of drug-likeness (QED) is 0.474. The summed E-state index contributed by atoms with van der Waals surface area (Å²) in [4.78, 5) is 8.00. The molecule has 0 radical (unpaired) electrons. The second kappa shape index (κ2) is 6.99. The SMILES string of the molecule is Cc1ncc2c(N[C@@H]3c4ccc(F)c(O)c4C(C)(C)C[C@]3(O)C(F)(F)F)ccc(F)c2n1. The molecule has 3 aromatic rings. The van der Waals surface area contributed by atoms with E-state index in [1.807, 2.05) is 0 Å². The molecule has 0 fully saturated rings. The zero-order valence-corrected chi connectivity index (χ0v) is 17.3. The van der Waals surface area contributed by atoms with E-state index in [1.165, 1.54) is 33.0 Å². The minimum atomic E-state index is -5.08. The van der Waals surface area contributed by atoms with Gasteiger partial charge in [0.15, 0.2) is 17.2 Å². The van der Waals surface area contributed by atoms with Crippen molar-refractivity contribution in [2.75, 3.05) is 5.32 Å². The molecule has 1 aromatic heterocycles. The summed E-state index contributed by atoms with van der Waals surface area (Å²) in [6.07, 6.45) is -4.65. The second-order valence-corrected chi connectivity index (χ2v) is 8.69. The van der Waals surface area contributed by atoms with Crippen molar-refractivity contribution in [3.8, 4) is 5.75 Å². The van der Waals surface area contributed by atoms with E-state index >= 15 is 0 Å². The Kier molecular flexibility index (Phi) is 4.85. The van der Waals surface area contributed by atoms with Crippen molar-refractivity contribution in [3.05, 3.63) is 59.0 Å². The number of alkyl halides is 3. The minimum Gasteiger partial charge on any atom is -0.505 e. The molecule has 32 heavy (non-hydrogen) atoms. The maximum Gasteiger partial charge on any atom is 0.419 e. The number of hydrogen-bond donors (Lipinski definition) is 3. The molecule has 5 nitrogen and oxygen atoms in total. The number of fused-ring (bicyclic) bond motifs is 2. The van der Waals surface area contributed by atoms with Crippen LogP contribution in [0.5, 0.6) is 5.75 Å². The van der Waals surface area contributed by atoms with Crippen LogP contribution >= 0.6 is 0 Å². The maximum atomic E-state index is 14.3. The van der Waals surface area contributed by atoms with Crippen molar-refractivity contribution >= 4 is 16.6 Å². The van der Waals surface area contributed by atoms with E-state index in [4.69, 9.17) is 0 Å². The first-order chi connectivity index (χ1) is 14.8. The van der Waals surface area contributed by atoms with Gasteiger partial charge in [0.1, 0.15) is 17.2 Å². The molecule has 0 bridgehead atoms. The normalized spacial score (nSPS) is 22.6. The third-order valence-corrected chi connectivity index (χ3v) is 5.95. The standard InChI is InChI=1S/C22H20F5N3O2/c1-10-28-8-12-15(7-6-13(23)17(12)29-10)30-19-11-4-5-14(24)18(31)16(11)20(2,3)9-21(19,32)22(25,26)27/h4-8,19,30-32H,9H2,1-3H3/t19-,21-/m1/s1. The van der Waals surface area contributed by atoms with E-state index in [1.54, 1.807) is 0 Å². The molecular formula is C22H20F5N3O2. The molecule has 1 aliphatic carbocycles. The molecule has 3 N–H and O–H groups in total. The number of aliphatic hydroxyl groups is 1. The van der Waals surface area contributed by atoms with Gasteiger partial charge in [-0.15, -0.1) is 0 Å². The van der Waals surface area contributed by atoms with Gasteiger partial charge in [-0.1, -0.05) is 19.9 Å². The molecule has 2 atom stereocenters. The zero-order valence-electron chi connectivity index (χ0n) is 17.3. The van der Waals surface area contributed by atoms with Gasteiger partial charge in [-0.2, -0.15) is 13.2 Å². The predicted octanol–water partition coefficient (Wildman–Crippen LogP) is 5.05. The first-order valence-electron chi connectivity index (χ1n) is 9.75. The number of aromatic nitrogens is 2. The van der Waals surface area contributed by atoms with E-state index in [0.717, 1.165) is 18.2 Å². The molecule has 0 saturated carbocycles. The lowest BCUT2D eigenvalue weighted by Crippen LogP contribution is -2.58. The Morgan fingerprint density at radius 1 is 1.09 bits per heavy atom. The Morgan fingerprint density at radius 2 is 1.75 bits per heavy atom. The van der Waals surface area contributed by atoms with Crippen LogP contribution in [0, 0.1) is 18.6 Å². The lowest BCUT2D eigenvalue weighted by atomic mass is 9.63. The topological polar surface area (TPSA) is 78.3 Å². The van der Waals surface area contributed by atoms with Crippen molar-refractivity contribution in [2.45, 2.75) is 50.4 Å². The van der Waals surface area contributed by atoms with Gasteiger partial charge in [-0.25, -0.2) is 18.7 Å². The van der Waals surface area contributed by atoms with Gasteiger partial charge < -0.3 is 15.5 Å². The Balaban J connectivity index is 1.97. The smallest absolute Gasteiger partial charge is 0.419 e. The van der Waals surface area contributed by atoms with E-state index in [0.29, 0.717) is 0 Å². The number of anilines is 1. The highest BCUT2D eigenvalue weighted by atomic mass is 19.4. The number of aromatic hydroxyl groups is 1. The van der Waals surface area contributed by atoms with Crippen LogP contribution in [-0.4, -0.2) is 32.0 Å². The van der Waals surface area contributed by atoms with E-state index in [-0.39, 0.29) is 33.5 Å². The van der Waals surface area contributed by atoms with E-state index in [2.05, 4.69) is 15.3 Å². The summed E-state index contributed by atoms with van der Waals surface area (Å²) in [7, 11) is 0. The van der Waals surface area contributed by atoms with Crippen LogP contribution < -0.4 is 5.32 Å². The van der Waals surface area contributed by atoms with Crippen LogP contribution in [-0.2, 0) is 5.41 Å². The monoisotopic (exact) mass is 453 g/mol. The molecule has 0 amide bonds. The Hall–Kier alpha value is -3.01. The average Bonchev–Trinajstić information content (AvgIpc) is 2.67. The number of aryl methyl sites for hydroxylation is 1. The van der Waals surface area contributed by atoms with Gasteiger partial charge in [0, 0.05) is 22.8 Å².